The largest absolute Gasteiger partial charge is 0.255 e. The van der Waals surface area contributed by atoms with Crippen molar-refractivity contribution in [2.75, 3.05) is 0 Å². The van der Waals surface area contributed by atoms with E-state index in [-0.39, 0.29) is 10.8 Å². The third-order valence-corrected chi connectivity index (χ3v) is 7.36. The van der Waals surface area contributed by atoms with Gasteiger partial charge >= 0.3 is 0 Å². The predicted molar refractivity (Wildman–Crippen MR) is 151 cm³/mol. The number of halogens is 2. The fourth-order valence-corrected chi connectivity index (χ4v) is 4.75. The molecule has 4 aromatic rings. The summed E-state index contributed by atoms with van der Waals surface area (Å²) in [7, 11) is 0. The molecule has 0 atom stereocenters. The molecule has 0 aliphatic heterocycles. The van der Waals surface area contributed by atoms with Crippen LogP contribution in [0.4, 0.5) is 0 Å². The molecule has 0 aliphatic rings. The van der Waals surface area contributed by atoms with Gasteiger partial charge in [-0.3, -0.25) is 9.97 Å². The Hall–Kier alpha value is -2.30. The highest BCUT2D eigenvalue weighted by atomic mass is 79.9. The van der Waals surface area contributed by atoms with Crippen LogP contribution in [0, 0.1) is 0 Å². The molecule has 34 heavy (non-hydrogen) atoms. The maximum absolute atomic E-state index is 4.69. The SMILES string of the molecule is CC(C)(C)c1ccc(-c2cc(-c3cc(-c4ccc(C(C)(C)C)cc4)ncc3Br)c(Br)cn2)cc1. The standard InChI is InChI=1S/C30H30Br2N2/c1-29(2,3)21-11-7-19(8-12-21)27-15-23(25(31)17-33-27)24-16-28(34-18-26(24)32)20-9-13-22(14-10-20)30(4,5)6/h7-18H,1-6H3. The van der Waals surface area contributed by atoms with Crippen LogP contribution in [0.15, 0.2) is 82.0 Å². The monoisotopic (exact) mass is 576 g/mol. The molecule has 0 saturated heterocycles. The molecule has 0 fully saturated rings. The molecule has 0 spiro atoms. The maximum atomic E-state index is 4.69. The van der Waals surface area contributed by atoms with E-state index in [0.717, 1.165) is 42.6 Å². The van der Waals surface area contributed by atoms with E-state index in [1.165, 1.54) is 11.1 Å². The normalized spacial score (nSPS) is 12.1. The van der Waals surface area contributed by atoms with E-state index in [1.807, 2.05) is 12.4 Å². The van der Waals surface area contributed by atoms with E-state index in [0.29, 0.717) is 0 Å². The van der Waals surface area contributed by atoms with E-state index < -0.39 is 0 Å². The Morgan fingerprint density at radius 1 is 0.529 bits per heavy atom. The van der Waals surface area contributed by atoms with Crippen molar-refractivity contribution in [3.8, 4) is 33.6 Å². The Labute approximate surface area is 220 Å². The van der Waals surface area contributed by atoms with Crippen molar-refractivity contribution >= 4 is 31.9 Å². The molecule has 2 aromatic heterocycles. The Balaban J connectivity index is 1.73. The predicted octanol–water partition coefficient (Wildman–Crippen LogP) is 9.60. The smallest absolute Gasteiger partial charge is 0.0709 e. The van der Waals surface area contributed by atoms with Crippen LogP contribution in [0.5, 0.6) is 0 Å². The molecular formula is C30H30Br2N2. The number of nitrogens with zero attached hydrogens (tertiary/aromatic N) is 2. The van der Waals surface area contributed by atoms with Gasteiger partial charge in [0.2, 0.25) is 0 Å². The average Bonchev–Trinajstić information content (AvgIpc) is 2.79. The first kappa shape index (κ1) is 24.8. The molecule has 0 N–H and O–H groups in total. The molecule has 2 aromatic carbocycles. The summed E-state index contributed by atoms with van der Waals surface area (Å²) in [5, 5.41) is 0. The summed E-state index contributed by atoms with van der Waals surface area (Å²) < 4.78 is 1.90. The molecule has 0 radical (unpaired) electrons. The first-order chi connectivity index (χ1) is 15.9. The van der Waals surface area contributed by atoms with Gasteiger partial charge in [0.05, 0.1) is 11.4 Å². The van der Waals surface area contributed by atoms with Crippen LogP contribution >= 0.6 is 31.9 Å². The number of pyridine rings is 2. The van der Waals surface area contributed by atoms with Gasteiger partial charge in [-0.25, -0.2) is 0 Å². The Kier molecular flexibility index (Phi) is 6.85. The van der Waals surface area contributed by atoms with Crippen LogP contribution in [0.3, 0.4) is 0 Å². The molecular weight excluding hydrogens is 548 g/mol. The van der Waals surface area contributed by atoms with Crippen LogP contribution in [-0.4, -0.2) is 9.97 Å². The summed E-state index contributed by atoms with van der Waals surface area (Å²) in [6.45, 7) is 13.4. The highest BCUT2D eigenvalue weighted by molar-refractivity contribution is 9.11. The van der Waals surface area contributed by atoms with Gasteiger partial charge in [-0.05, 0) is 65.9 Å². The minimum Gasteiger partial charge on any atom is -0.255 e. The molecule has 0 bridgehead atoms. The molecule has 174 valence electrons. The van der Waals surface area contributed by atoms with Crippen molar-refractivity contribution in [1.29, 1.82) is 0 Å². The van der Waals surface area contributed by atoms with E-state index in [2.05, 4.69) is 134 Å². The maximum Gasteiger partial charge on any atom is 0.0709 e. The zero-order valence-electron chi connectivity index (χ0n) is 20.6. The van der Waals surface area contributed by atoms with Gasteiger partial charge in [0, 0.05) is 43.6 Å². The van der Waals surface area contributed by atoms with E-state index >= 15 is 0 Å². The van der Waals surface area contributed by atoms with Gasteiger partial charge in [0.15, 0.2) is 0 Å². The molecule has 0 amide bonds. The molecule has 4 heteroatoms. The zero-order chi connectivity index (χ0) is 24.7. The van der Waals surface area contributed by atoms with E-state index in [1.54, 1.807) is 0 Å². The van der Waals surface area contributed by atoms with Crippen LogP contribution in [0.2, 0.25) is 0 Å². The minimum absolute atomic E-state index is 0.125. The van der Waals surface area contributed by atoms with Gasteiger partial charge < -0.3 is 0 Å². The quantitative estimate of drug-likeness (QED) is 0.242. The van der Waals surface area contributed by atoms with Crippen LogP contribution < -0.4 is 0 Å². The second-order valence-corrected chi connectivity index (χ2v) is 12.5. The third kappa shape index (κ3) is 5.34. The summed E-state index contributed by atoms with van der Waals surface area (Å²) in [6.07, 6.45) is 3.76. The lowest BCUT2D eigenvalue weighted by Gasteiger charge is -2.19. The van der Waals surface area contributed by atoms with Crippen molar-refractivity contribution in [3.05, 3.63) is 93.1 Å². The molecule has 2 nitrogen and oxygen atoms in total. The van der Waals surface area contributed by atoms with Gasteiger partial charge in [-0.1, -0.05) is 90.1 Å². The minimum atomic E-state index is 0.125. The van der Waals surface area contributed by atoms with Crippen molar-refractivity contribution in [2.45, 2.75) is 52.4 Å². The Bertz CT molecular complexity index is 1210. The van der Waals surface area contributed by atoms with Crippen molar-refractivity contribution in [1.82, 2.24) is 9.97 Å². The zero-order valence-corrected chi connectivity index (χ0v) is 23.8. The molecule has 4 rings (SSSR count). The number of rotatable bonds is 3. The van der Waals surface area contributed by atoms with Crippen LogP contribution in [-0.2, 0) is 10.8 Å². The highest BCUT2D eigenvalue weighted by Crippen LogP contribution is 2.38. The number of aromatic nitrogens is 2. The molecule has 0 unspecified atom stereocenters. The second kappa shape index (κ2) is 9.39. The summed E-state index contributed by atoms with van der Waals surface area (Å²) in [5.41, 5.74) is 9.12. The fraction of sp³-hybridized carbons (Fsp3) is 0.267. The number of hydrogen-bond acceptors (Lipinski definition) is 2. The van der Waals surface area contributed by atoms with Gasteiger partial charge in [0.1, 0.15) is 0 Å². The van der Waals surface area contributed by atoms with Gasteiger partial charge in [0.25, 0.3) is 0 Å². The lowest BCUT2D eigenvalue weighted by atomic mass is 9.86. The summed E-state index contributed by atoms with van der Waals surface area (Å²) in [5.74, 6) is 0. The van der Waals surface area contributed by atoms with Gasteiger partial charge in [-0.15, -0.1) is 0 Å². The van der Waals surface area contributed by atoms with Crippen molar-refractivity contribution < 1.29 is 0 Å². The summed E-state index contributed by atoms with van der Waals surface area (Å²) in [4.78, 5) is 9.38. The summed E-state index contributed by atoms with van der Waals surface area (Å²) >= 11 is 7.44. The van der Waals surface area contributed by atoms with E-state index in [4.69, 9.17) is 9.97 Å². The van der Waals surface area contributed by atoms with Crippen molar-refractivity contribution in [3.63, 3.8) is 0 Å². The van der Waals surface area contributed by atoms with E-state index in [9.17, 15) is 0 Å². The van der Waals surface area contributed by atoms with Crippen LogP contribution in [0.25, 0.3) is 33.6 Å². The van der Waals surface area contributed by atoms with Crippen molar-refractivity contribution in [2.24, 2.45) is 0 Å². The lowest BCUT2D eigenvalue weighted by molar-refractivity contribution is 0.590. The fourth-order valence-electron chi connectivity index (χ4n) is 3.89. The topological polar surface area (TPSA) is 25.8 Å². The third-order valence-electron chi connectivity index (χ3n) is 6.09. The van der Waals surface area contributed by atoms with Crippen LogP contribution in [0.1, 0.15) is 52.7 Å². The molecule has 2 heterocycles. The van der Waals surface area contributed by atoms with Gasteiger partial charge in [-0.2, -0.15) is 0 Å². The Morgan fingerprint density at radius 3 is 1.15 bits per heavy atom. The molecule has 0 saturated carbocycles. The first-order valence-corrected chi connectivity index (χ1v) is 13.1. The first-order valence-electron chi connectivity index (χ1n) is 11.5. The highest BCUT2D eigenvalue weighted by Gasteiger charge is 2.16. The lowest BCUT2D eigenvalue weighted by Crippen LogP contribution is -2.10. The second-order valence-electron chi connectivity index (χ2n) is 10.8. The number of hydrogen-bond donors (Lipinski definition) is 0. The summed E-state index contributed by atoms with van der Waals surface area (Å²) in [6, 6.07) is 21.7. The Morgan fingerprint density at radius 2 is 0.853 bits per heavy atom. The number of benzene rings is 2. The average molecular weight is 578 g/mol. The molecule has 0 aliphatic carbocycles.